The maximum absolute atomic E-state index is 12.1. The van der Waals surface area contributed by atoms with E-state index in [0.29, 0.717) is 16.3 Å². The molecule has 0 unspecified atom stereocenters. The summed E-state index contributed by atoms with van der Waals surface area (Å²) in [6.07, 6.45) is 0.763. The molecule has 0 aliphatic heterocycles. The number of ketones is 1. The van der Waals surface area contributed by atoms with Crippen molar-refractivity contribution in [1.82, 2.24) is 0 Å². The second-order valence-electron chi connectivity index (χ2n) is 3.57. The fraction of sp³-hybridized carbons (Fsp3) is 0.154. The van der Waals surface area contributed by atoms with Crippen molar-refractivity contribution >= 4 is 33.3 Å². The Morgan fingerprint density at radius 2 is 2.12 bits per heavy atom. The number of benzene rings is 1. The van der Waals surface area contributed by atoms with Gasteiger partial charge in [-0.2, -0.15) is 0 Å². The van der Waals surface area contributed by atoms with Crippen LogP contribution in [0.25, 0.3) is 0 Å². The molecule has 17 heavy (non-hydrogen) atoms. The number of hydrogen-bond donors (Lipinski definition) is 0. The summed E-state index contributed by atoms with van der Waals surface area (Å²) in [5.74, 6) is 0.914. The Labute approximate surface area is 113 Å². The van der Waals surface area contributed by atoms with Gasteiger partial charge in [-0.05, 0) is 30.3 Å². The highest BCUT2D eigenvalue weighted by Gasteiger charge is 2.16. The zero-order chi connectivity index (χ0) is 12.4. The molecule has 0 N–H and O–H groups in total. The van der Waals surface area contributed by atoms with E-state index >= 15 is 0 Å². The van der Waals surface area contributed by atoms with Gasteiger partial charge in [0, 0.05) is 16.5 Å². The average molecular weight is 314 g/mol. The minimum absolute atomic E-state index is 0.198. The van der Waals surface area contributed by atoms with Gasteiger partial charge in [0.25, 0.3) is 0 Å². The number of carbonyl (C=O) groups excluding carboxylic acids is 1. The van der Waals surface area contributed by atoms with Crippen molar-refractivity contribution in [2.75, 3.05) is 0 Å². The van der Waals surface area contributed by atoms with Crippen molar-refractivity contribution in [3.05, 3.63) is 56.9 Å². The Bertz CT molecular complexity index is 560. The zero-order valence-corrected chi connectivity index (χ0v) is 11.5. The molecular weight excluding hydrogens is 303 g/mol. The van der Waals surface area contributed by atoms with E-state index in [1.807, 2.05) is 6.92 Å². The van der Waals surface area contributed by atoms with E-state index in [0.717, 1.165) is 16.7 Å². The predicted molar refractivity (Wildman–Crippen MR) is 70.7 cm³/mol. The highest BCUT2D eigenvalue weighted by Crippen LogP contribution is 2.24. The molecule has 4 heteroatoms. The molecule has 0 saturated carbocycles. The summed E-state index contributed by atoms with van der Waals surface area (Å²) in [6, 6.07) is 8.65. The highest BCUT2D eigenvalue weighted by atomic mass is 79.9. The number of carbonyl (C=O) groups is 1. The normalized spacial score (nSPS) is 10.5. The topological polar surface area (TPSA) is 30.2 Å². The monoisotopic (exact) mass is 312 g/mol. The first-order valence-corrected chi connectivity index (χ1v) is 6.37. The third kappa shape index (κ3) is 2.61. The summed E-state index contributed by atoms with van der Waals surface area (Å²) in [7, 11) is 0. The molecule has 0 radical (unpaired) electrons. The first kappa shape index (κ1) is 12.4. The first-order valence-electron chi connectivity index (χ1n) is 5.20. The van der Waals surface area contributed by atoms with Gasteiger partial charge in [-0.25, -0.2) is 0 Å². The summed E-state index contributed by atoms with van der Waals surface area (Å²) in [5, 5.41) is 0.424. The Hall–Kier alpha value is -1.06. The van der Waals surface area contributed by atoms with Crippen molar-refractivity contribution in [1.29, 1.82) is 0 Å². The molecule has 2 aromatic rings. The van der Waals surface area contributed by atoms with Gasteiger partial charge < -0.3 is 4.42 Å². The maximum atomic E-state index is 12.1. The number of halogens is 2. The third-order valence-corrected chi connectivity index (χ3v) is 3.23. The Morgan fingerprint density at radius 3 is 2.76 bits per heavy atom. The molecule has 0 aliphatic carbocycles. The summed E-state index contributed by atoms with van der Waals surface area (Å²) in [6.45, 7) is 1.97. The van der Waals surface area contributed by atoms with Gasteiger partial charge >= 0.3 is 0 Å². The second-order valence-corrected chi connectivity index (χ2v) is 4.90. The highest BCUT2D eigenvalue weighted by molar-refractivity contribution is 9.10. The standard InChI is InChI=1S/C13H10BrClO2/c1-2-9-4-6-12(17-9)13(16)10-7-8(14)3-5-11(10)15/h3-7H,2H2,1H3. The molecule has 0 bridgehead atoms. The van der Waals surface area contributed by atoms with Crippen molar-refractivity contribution < 1.29 is 9.21 Å². The van der Waals surface area contributed by atoms with Gasteiger partial charge in [0.05, 0.1) is 5.02 Å². The van der Waals surface area contributed by atoms with Gasteiger partial charge in [-0.1, -0.05) is 34.5 Å². The summed E-state index contributed by atoms with van der Waals surface area (Å²) in [4.78, 5) is 12.1. The number of aryl methyl sites for hydroxylation is 1. The SMILES string of the molecule is CCc1ccc(C(=O)c2cc(Br)ccc2Cl)o1. The van der Waals surface area contributed by atoms with Crippen LogP contribution in [0.2, 0.25) is 5.02 Å². The molecule has 0 saturated heterocycles. The van der Waals surface area contributed by atoms with Crippen molar-refractivity contribution in [2.45, 2.75) is 13.3 Å². The Kier molecular flexibility index (Phi) is 3.69. The number of furan rings is 1. The lowest BCUT2D eigenvalue weighted by Gasteiger charge is -2.01. The van der Waals surface area contributed by atoms with Crippen LogP contribution in [0.1, 0.15) is 28.8 Å². The van der Waals surface area contributed by atoms with Crippen LogP contribution in [-0.4, -0.2) is 5.78 Å². The lowest BCUT2D eigenvalue weighted by molar-refractivity contribution is 0.101. The first-order chi connectivity index (χ1) is 8.11. The molecule has 0 fully saturated rings. The Morgan fingerprint density at radius 1 is 1.35 bits per heavy atom. The molecule has 88 valence electrons. The lowest BCUT2D eigenvalue weighted by Crippen LogP contribution is -2.00. The molecule has 2 nitrogen and oxygen atoms in total. The predicted octanol–water partition coefficient (Wildman–Crippen LogP) is 4.49. The van der Waals surface area contributed by atoms with Crippen LogP contribution < -0.4 is 0 Å². The second kappa shape index (κ2) is 5.07. The molecule has 0 amide bonds. The molecule has 0 atom stereocenters. The number of rotatable bonds is 3. The zero-order valence-electron chi connectivity index (χ0n) is 9.17. The van der Waals surface area contributed by atoms with E-state index in [1.165, 1.54) is 0 Å². The summed E-state index contributed by atoms with van der Waals surface area (Å²) >= 11 is 9.31. The minimum Gasteiger partial charge on any atom is -0.458 e. The summed E-state index contributed by atoms with van der Waals surface area (Å²) in [5.41, 5.74) is 0.443. The molecule has 2 rings (SSSR count). The van der Waals surface area contributed by atoms with E-state index < -0.39 is 0 Å². The quantitative estimate of drug-likeness (QED) is 0.782. The Balaban J connectivity index is 2.39. The average Bonchev–Trinajstić information content (AvgIpc) is 2.80. The van der Waals surface area contributed by atoms with Gasteiger partial charge in [0.1, 0.15) is 5.76 Å². The van der Waals surface area contributed by atoms with Crippen LogP contribution in [0, 0.1) is 0 Å². The van der Waals surface area contributed by atoms with E-state index in [1.54, 1.807) is 30.3 Å². The smallest absolute Gasteiger partial charge is 0.229 e. The molecule has 1 aromatic carbocycles. The van der Waals surface area contributed by atoms with Crippen molar-refractivity contribution in [2.24, 2.45) is 0 Å². The van der Waals surface area contributed by atoms with E-state index in [9.17, 15) is 4.79 Å². The maximum Gasteiger partial charge on any atom is 0.229 e. The van der Waals surface area contributed by atoms with Crippen LogP contribution >= 0.6 is 27.5 Å². The molecule has 1 aromatic heterocycles. The van der Waals surface area contributed by atoms with Gasteiger partial charge in [0.2, 0.25) is 5.78 Å². The van der Waals surface area contributed by atoms with Crippen LogP contribution in [0.3, 0.4) is 0 Å². The molecule has 1 heterocycles. The van der Waals surface area contributed by atoms with Crippen molar-refractivity contribution in [3.8, 4) is 0 Å². The van der Waals surface area contributed by atoms with Crippen LogP contribution in [-0.2, 0) is 6.42 Å². The van der Waals surface area contributed by atoms with Gasteiger partial charge in [-0.15, -0.1) is 0 Å². The van der Waals surface area contributed by atoms with Gasteiger partial charge in [-0.3, -0.25) is 4.79 Å². The molecular formula is C13H10BrClO2. The van der Waals surface area contributed by atoms with Gasteiger partial charge in [0.15, 0.2) is 5.76 Å². The molecule has 0 spiro atoms. The minimum atomic E-state index is -0.198. The summed E-state index contributed by atoms with van der Waals surface area (Å²) < 4.78 is 6.23. The largest absolute Gasteiger partial charge is 0.458 e. The lowest BCUT2D eigenvalue weighted by atomic mass is 10.1. The van der Waals surface area contributed by atoms with Crippen molar-refractivity contribution in [3.63, 3.8) is 0 Å². The van der Waals surface area contributed by atoms with Crippen LogP contribution in [0.15, 0.2) is 39.2 Å². The van der Waals surface area contributed by atoms with Crippen LogP contribution in [0.4, 0.5) is 0 Å². The third-order valence-electron chi connectivity index (χ3n) is 2.41. The number of hydrogen-bond acceptors (Lipinski definition) is 2. The van der Waals surface area contributed by atoms with E-state index in [4.69, 9.17) is 16.0 Å². The fourth-order valence-electron chi connectivity index (χ4n) is 1.49. The molecule has 0 aliphatic rings. The fourth-order valence-corrected chi connectivity index (χ4v) is 2.06. The van der Waals surface area contributed by atoms with Crippen LogP contribution in [0.5, 0.6) is 0 Å². The van der Waals surface area contributed by atoms with E-state index in [-0.39, 0.29) is 5.78 Å². The van der Waals surface area contributed by atoms with E-state index in [2.05, 4.69) is 15.9 Å².